The van der Waals surface area contributed by atoms with Crippen molar-refractivity contribution in [2.75, 3.05) is 13.1 Å². The minimum Gasteiger partial charge on any atom is -0.315 e. The van der Waals surface area contributed by atoms with Crippen LogP contribution in [0.25, 0.3) is 0 Å². The molecule has 1 N–H and O–H groups in total. The quantitative estimate of drug-likeness (QED) is 0.497. The number of halogens is 2. The fourth-order valence-electron chi connectivity index (χ4n) is 0.619. The molecule has 0 bridgehead atoms. The van der Waals surface area contributed by atoms with Crippen LogP contribution in [0.5, 0.6) is 0 Å². The van der Waals surface area contributed by atoms with Crippen LogP contribution in [-0.4, -0.2) is 18.5 Å². The second-order valence-corrected chi connectivity index (χ2v) is 2.21. The van der Waals surface area contributed by atoms with Crippen molar-refractivity contribution in [3.8, 4) is 0 Å². The molecule has 1 heterocycles. The Balaban J connectivity index is 0.000000360. The highest BCUT2D eigenvalue weighted by Crippen LogP contribution is 2.03. The van der Waals surface area contributed by atoms with E-state index in [2.05, 4.69) is 5.32 Å². The maximum Gasteiger partial charge on any atom is 0.0472 e. The van der Waals surface area contributed by atoms with Gasteiger partial charge in [-0.3, -0.25) is 0 Å². The van der Waals surface area contributed by atoms with Gasteiger partial charge in [0, 0.05) is 11.9 Å². The maximum absolute atomic E-state index is 5.65. The molecule has 1 fully saturated rings. The molecule has 0 unspecified atom stereocenters. The number of nitrogens with one attached hydrogen (secondary N) is 1. The molecule has 44 valence electrons. The molecule has 0 radical (unpaired) electrons. The third-order valence-corrected chi connectivity index (χ3v) is 1.37. The molecule has 3 heteroatoms. The molecule has 0 amide bonds. The summed E-state index contributed by atoms with van der Waals surface area (Å²) in [7, 11) is 0. The molecule has 0 spiro atoms. The van der Waals surface area contributed by atoms with Crippen molar-refractivity contribution in [1.29, 1.82) is 0 Å². The fourth-order valence-corrected chi connectivity index (χ4v) is 0.838. The minimum absolute atomic E-state index is 0. The molecular formula is C4H9Cl2N. The highest BCUT2D eigenvalue weighted by Gasteiger charge is 2.08. The molecule has 1 atom stereocenters. The number of alkyl halides is 1. The van der Waals surface area contributed by atoms with Crippen molar-refractivity contribution in [2.24, 2.45) is 0 Å². The summed E-state index contributed by atoms with van der Waals surface area (Å²) in [6.07, 6.45) is 1.14. The summed E-state index contributed by atoms with van der Waals surface area (Å²) in [6.45, 7) is 2.11. The molecule has 1 aliphatic heterocycles. The van der Waals surface area contributed by atoms with E-state index in [9.17, 15) is 0 Å². The summed E-state index contributed by atoms with van der Waals surface area (Å²) >= 11 is 5.65. The molecule has 0 aromatic carbocycles. The fraction of sp³-hybridized carbons (Fsp3) is 1.00. The molecular weight excluding hydrogens is 133 g/mol. The van der Waals surface area contributed by atoms with Gasteiger partial charge < -0.3 is 5.32 Å². The first kappa shape index (κ1) is 7.54. The van der Waals surface area contributed by atoms with Crippen molar-refractivity contribution < 1.29 is 0 Å². The van der Waals surface area contributed by atoms with Crippen LogP contribution in [0.1, 0.15) is 6.42 Å². The third-order valence-electron chi connectivity index (χ3n) is 1.00. The number of hydrogen-bond acceptors (Lipinski definition) is 1. The lowest BCUT2D eigenvalue weighted by molar-refractivity contribution is 0.858. The summed E-state index contributed by atoms with van der Waals surface area (Å²) in [5, 5.41) is 3.55. The van der Waals surface area contributed by atoms with E-state index in [1.807, 2.05) is 0 Å². The van der Waals surface area contributed by atoms with Gasteiger partial charge in [0.1, 0.15) is 0 Å². The Morgan fingerprint density at radius 3 is 2.43 bits per heavy atom. The van der Waals surface area contributed by atoms with E-state index in [1.165, 1.54) is 0 Å². The second-order valence-electron chi connectivity index (χ2n) is 1.59. The Kier molecular flexibility index (Phi) is 3.80. The van der Waals surface area contributed by atoms with E-state index in [-0.39, 0.29) is 12.4 Å². The largest absolute Gasteiger partial charge is 0.315 e. The van der Waals surface area contributed by atoms with Crippen LogP contribution in [0.3, 0.4) is 0 Å². The average molecular weight is 142 g/mol. The van der Waals surface area contributed by atoms with Gasteiger partial charge >= 0.3 is 0 Å². The smallest absolute Gasteiger partial charge is 0.0472 e. The van der Waals surface area contributed by atoms with Crippen molar-refractivity contribution in [3.63, 3.8) is 0 Å². The normalized spacial score (nSPS) is 29.6. The van der Waals surface area contributed by atoms with Gasteiger partial charge in [0.15, 0.2) is 0 Å². The number of rotatable bonds is 0. The van der Waals surface area contributed by atoms with Crippen LogP contribution in [0.4, 0.5) is 0 Å². The Hall–Kier alpha value is 0.540. The Bertz CT molecular complexity index is 43.0. The Morgan fingerprint density at radius 2 is 2.29 bits per heavy atom. The van der Waals surface area contributed by atoms with Gasteiger partial charge in [-0.15, -0.1) is 24.0 Å². The van der Waals surface area contributed by atoms with Gasteiger partial charge in [-0.2, -0.15) is 0 Å². The van der Waals surface area contributed by atoms with Crippen LogP contribution in [0, 0.1) is 0 Å². The molecule has 0 saturated carbocycles. The minimum atomic E-state index is 0. The zero-order chi connectivity index (χ0) is 4.41. The van der Waals surface area contributed by atoms with E-state index in [0.29, 0.717) is 5.38 Å². The predicted molar refractivity (Wildman–Crippen MR) is 34.4 cm³/mol. The SMILES string of the molecule is Cl.Cl[C@@H]1CCNC1. The monoisotopic (exact) mass is 141 g/mol. The van der Waals surface area contributed by atoms with Crippen LogP contribution < -0.4 is 5.32 Å². The molecule has 1 aliphatic rings. The Morgan fingerprint density at radius 1 is 1.57 bits per heavy atom. The van der Waals surface area contributed by atoms with E-state index in [1.54, 1.807) is 0 Å². The maximum atomic E-state index is 5.65. The van der Waals surface area contributed by atoms with E-state index >= 15 is 0 Å². The predicted octanol–water partition coefficient (Wildman–Crippen LogP) is 1.01. The summed E-state index contributed by atoms with van der Waals surface area (Å²) in [4.78, 5) is 0. The lowest BCUT2D eigenvalue weighted by atomic mass is 10.4. The van der Waals surface area contributed by atoms with E-state index in [4.69, 9.17) is 11.6 Å². The van der Waals surface area contributed by atoms with Gasteiger partial charge in [0.05, 0.1) is 0 Å². The zero-order valence-electron chi connectivity index (χ0n) is 3.98. The lowest BCUT2D eigenvalue weighted by Gasteiger charge is -1.87. The highest BCUT2D eigenvalue weighted by molar-refractivity contribution is 6.20. The highest BCUT2D eigenvalue weighted by atomic mass is 35.5. The average Bonchev–Trinajstić information content (AvgIpc) is 1.86. The van der Waals surface area contributed by atoms with E-state index in [0.717, 1.165) is 19.5 Å². The molecule has 1 nitrogen and oxygen atoms in total. The van der Waals surface area contributed by atoms with Gasteiger partial charge in [-0.25, -0.2) is 0 Å². The van der Waals surface area contributed by atoms with Crippen LogP contribution in [-0.2, 0) is 0 Å². The first-order chi connectivity index (χ1) is 2.89. The Labute approximate surface area is 54.8 Å². The van der Waals surface area contributed by atoms with Crippen molar-refractivity contribution in [3.05, 3.63) is 0 Å². The molecule has 1 rings (SSSR count). The summed E-state index contributed by atoms with van der Waals surface area (Å²) < 4.78 is 0. The summed E-state index contributed by atoms with van der Waals surface area (Å²) in [5.74, 6) is 0. The molecule has 7 heavy (non-hydrogen) atoms. The third kappa shape index (κ3) is 2.37. The molecule has 0 aromatic heterocycles. The summed E-state index contributed by atoms with van der Waals surface area (Å²) in [5.41, 5.74) is 0. The van der Waals surface area contributed by atoms with Crippen molar-refractivity contribution in [2.45, 2.75) is 11.8 Å². The standard InChI is InChI=1S/C4H8ClN.ClH/c5-4-1-2-6-3-4;/h4,6H,1-3H2;1H/t4-;/m1./s1. The van der Waals surface area contributed by atoms with Gasteiger partial charge in [-0.05, 0) is 13.0 Å². The molecule has 1 saturated heterocycles. The summed E-state index contributed by atoms with van der Waals surface area (Å²) in [6, 6.07) is 0. The van der Waals surface area contributed by atoms with E-state index < -0.39 is 0 Å². The lowest BCUT2D eigenvalue weighted by Crippen LogP contribution is -2.07. The van der Waals surface area contributed by atoms with Crippen molar-refractivity contribution >= 4 is 24.0 Å². The topological polar surface area (TPSA) is 12.0 Å². The first-order valence-corrected chi connectivity index (χ1v) is 2.68. The second kappa shape index (κ2) is 3.53. The first-order valence-electron chi connectivity index (χ1n) is 2.24. The van der Waals surface area contributed by atoms with Gasteiger partial charge in [-0.1, -0.05) is 0 Å². The van der Waals surface area contributed by atoms with Gasteiger partial charge in [0.25, 0.3) is 0 Å². The molecule has 0 aromatic rings. The number of hydrogen-bond donors (Lipinski definition) is 1. The van der Waals surface area contributed by atoms with Crippen LogP contribution >= 0.6 is 24.0 Å². The van der Waals surface area contributed by atoms with Crippen LogP contribution in [0.15, 0.2) is 0 Å². The molecule has 0 aliphatic carbocycles. The van der Waals surface area contributed by atoms with Gasteiger partial charge in [0.2, 0.25) is 0 Å². The van der Waals surface area contributed by atoms with Crippen molar-refractivity contribution in [1.82, 2.24) is 5.32 Å². The zero-order valence-corrected chi connectivity index (χ0v) is 5.56. The van der Waals surface area contributed by atoms with Crippen LogP contribution in [0.2, 0.25) is 0 Å².